The van der Waals surface area contributed by atoms with Crippen LogP contribution in [0, 0.1) is 0 Å². The Balaban J connectivity index is 1.78. The third-order valence-corrected chi connectivity index (χ3v) is 3.54. The highest BCUT2D eigenvalue weighted by Crippen LogP contribution is 2.36. The van der Waals surface area contributed by atoms with Crippen molar-refractivity contribution >= 4 is 34.7 Å². The molecule has 0 fully saturated rings. The van der Waals surface area contributed by atoms with E-state index in [0.29, 0.717) is 0 Å². The summed E-state index contributed by atoms with van der Waals surface area (Å²) in [5.41, 5.74) is 3.12. The summed E-state index contributed by atoms with van der Waals surface area (Å²) in [5, 5.41) is 8.69. The minimum atomic E-state index is 0.995. The maximum absolute atomic E-state index is 4.54. The van der Waals surface area contributed by atoms with Gasteiger partial charge < -0.3 is 0 Å². The third-order valence-electron chi connectivity index (χ3n) is 3.54. The number of hydrazone groups is 1. The second-order valence-electron chi connectivity index (χ2n) is 4.90. The lowest BCUT2D eigenvalue weighted by atomic mass is 10.1. The van der Waals surface area contributed by atoms with Gasteiger partial charge in [0.25, 0.3) is 0 Å². The molecule has 1 aliphatic rings. The van der Waals surface area contributed by atoms with Crippen molar-refractivity contribution in [3.05, 3.63) is 72.3 Å². The lowest BCUT2D eigenvalue weighted by Gasteiger charge is -2.20. The first-order valence-electron chi connectivity index (χ1n) is 6.86. The van der Waals surface area contributed by atoms with Crippen LogP contribution in [0.4, 0.5) is 11.4 Å². The molecular formula is C18H13N3. The van der Waals surface area contributed by atoms with Gasteiger partial charge in [0, 0.05) is 5.39 Å². The Labute approximate surface area is 122 Å². The second kappa shape index (κ2) is 4.87. The molecule has 3 aromatic carbocycles. The minimum absolute atomic E-state index is 0.995. The van der Waals surface area contributed by atoms with E-state index >= 15 is 0 Å². The molecule has 0 spiro atoms. The van der Waals surface area contributed by atoms with Crippen molar-refractivity contribution in [2.24, 2.45) is 10.1 Å². The molecule has 0 aliphatic carbocycles. The van der Waals surface area contributed by atoms with Gasteiger partial charge in [0.2, 0.25) is 0 Å². The molecule has 0 bridgehead atoms. The van der Waals surface area contributed by atoms with Gasteiger partial charge in [-0.15, -0.1) is 0 Å². The van der Waals surface area contributed by atoms with Crippen molar-refractivity contribution in [1.29, 1.82) is 0 Å². The number of anilines is 1. The highest BCUT2D eigenvalue weighted by atomic mass is 15.5. The summed E-state index contributed by atoms with van der Waals surface area (Å²) in [7, 11) is 0. The average molecular weight is 271 g/mol. The fraction of sp³-hybridized carbons (Fsp3) is 0. The third kappa shape index (κ3) is 2.09. The SMILES string of the molecule is C1=Nc2cccc3cccc(c23)N1N=Cc1ccccc1. The number of hydrogen-bond acceptors (Lipinski definition) is 3. The maximum Gasteiger partial charge on any atom is 0.118 e. The van der Waals surface area contributed by atoms with E-state index < -0.39 is 0 Å². The zero-order chi connectivity index (χ0) is 14.1. The molecule has 3 nitrogen and oxygen atoms in total. The fourth-order valence-corrected chi connectivity index (χ4v) is 2.54. The van der Waals surface area contributed by atoms with Crippen LogP contribution in [0.15, 0.2) is 76.8 Å². The monoisotopic (exact) mass is 271 g/mol. The molecule has 1 heterocycles. The van der Waals surface area contributed by atoms with Gasteiger partial charge in [0.15, 0.2) is 0 Å². The number of rotatable bonds is 2. The Morgan fingerprint density at radius 1 is 0.857 bits per heavy atom. The van der Waals surface area contributed by atoms with E-state index in [-0.39, 0.29) is 0 Å². The van der Waals surface area contributed by atoms with Crippen LogP contribution in [-0.4, -0.2) is 12.6 Å². The summed E-state index contributed by atoms with van der Waals surface area (Å²) >= 11 is 0. The van der Waals surface area contributed by atoms with E-state index in [1.165, 1.54) is 5.39 Å². The topological polar surface area (TPSA) is 28.0 Å². The zero-order valence-electron chi connectivity index (χ0n) is 11.3. The van der Waals surface area contributed by atoms with Crippen molar-refractivity contribution < 1.29 is 0 Å². The molecule has 0 radical (unpaired) electrons. The first kappa shape index (κ1) is 11.9. The molecule has 4 rings (SSSR count). The van der Waals surface area contributed by atoms with E-state index in [1.54, 1.807) is 6.34 Å². The van der Waals surface area contributed by atoms with Crippen LogP contribution in [-0.2, 0) is 0 Å². The number of nitrogens with zero attached hydrogens (tertiary/aromatic N) is 3. The Hall–Kier alpha value is -2.94. The van der Waals surface area contributed by atoms with Crippen molar-refractivity contribution in [2.75, 3.05) is 5.01 Å². The van der Waals surface area contributed by atoms with Crippen LogP contribution in [0.5, 0.6) is 0 Å². The van der Waals surface area contributed by atoms with E-state index in [1.807, 2.05) is 59.8 Å². The van der Waals surface area contributed by atoms with Gasteiger partial charge >= 0.3 is 0 Å². The summed E-state index contributed by atoms with van der Waals surface area (Å²) in [4.78, 5) is 4.49. The zero-order valence-corrected chi connectivity index (χ0v) is 11.3. The number of benzene rings is 3. The van der Waals surface area contributed by atoms with Crippen molar-refractivity contribution in [2.45, 2.75) is 0 Å². The predicted octanol–water partition coefficient (Wildman–Crippen LogP) is 4.35. The van der Waals surface area contributed by atoms with Gasteiger partial charge in [0.05, 0.1) is 17.6 Å². The van der Waals surface area contributed by atoms with Crippen LogP contribution in [0.2, 0.25) is 0 Å². The molecule has 0 N–H and O–H groups in total. The molecule has 0 saturated heterocycles. The molecule has 0 unspecified atom stereocenters. The highest BCUT2D eigenvalue weighted by Gasteiger charge is 2.14. The predicted molar refractivity (Wildman–Crippen MR) is 88.6 cm³/mol. The second-order valence-corrected chi connectivity index (χ2v) is 4.90. The molecule has 100 valence electrons. The highest BCUT2D eigenvalue weighted by molar-refractivity contribution is 6.09. The van der Waals surface area contributed by atoms with E-state index in [4.69, 9.17) is 0 Å². The molecular weight excluding hydrogens is 258 g/mol. The molecule has 3 aromatic rings. The van der Waals surface area contributed by atoms with Gasteiger partial charge in [-0.25, -0.2) is 10.0 Å². The number of hydrogen-bond donors (Lipinski definition) is 0. The number of aliphatic imine (C=N–C) groups is 1. The molecule has 21 heavy (non-hydrogen) atoms. The fourth-order valence-electron chi connectivity index (χ4n) is 2.54. The quantitative estimate of drug-likeness (QED) is 0.637. The van der Waals surface area contributed by atoms with Gasteiger partial charge in [-0.05, 0) is 23.1 Å². The molecule has 1 aliphatic heterocycles. The summed E-state index contributed by atoms with van der Waals surface area (Å²) < 4.78 is 0. The normalized spacial score (nSPS) is 13.2. The van der Waals surface area contributed by atoms with Crippen LogP contribution >= 0.6 is 0 Å². The average Bonchev–Trinajstić information content (AvgIpc) is 2.56. The van der Waals surface area contributed by atoms with Crippen molar-refractivity contribution in [3.8, 4) is 0 Å². The Morgan fingerprint density at radius 3 is 2.52 bits per heavy atom. The molecule has 3 heteroatoms. The Kier molecular flexibility index (Phi) is 2.75. The molecule has 0 aromatic heterocycles. The van der Waals surface area contributed by atoms with Gasteiger partial charge in [-0.2, -0.15) is 5.10 Å². The maximum atomic E-state index is 4.54. The summed E-state index contributed by atoms with van der Waals surface area (Å²) in [5.74, 6) is 0. The van der Waals surface area contributed by atoms with Crippen LogP contribution in [0.25, 0.3) is 10.8 Å². The van der Waals surface area contributed by atoms with E-state index in [0.717, 1.165) is 22.3 Å². The summed E-state index contributed by atoms with van der Waals surface area (Å²) in [6, 6.07) is 22.4. The first-order valence-corrected chi connectivity index (χ1v) is 6.86. The van der Waals surface area contributed by atoms with Crippen molar-refractivity contribution in [1.82, 2.24) is 0 Å². The van der Waals surface area contributed by atoms with Gasteiger partial charge in [-0.1, -0.05) is 54.6 Å². The van der Waals surface area contributed by atoms with Gasteiger partial charge in [-0.3, -0.25) is 0 Å². The molecule has 0 amide bonds. The Morgan fingerprint density at radius 2 is 1.67 bits per heavy atom. The summed E-state index contributed by atoms with van der Waals surface area (Å²) in [6.07, 6.45) is 3.61. The van der Waals surface area contributed by atoms with E-state index in [9.17, 15) is 0 Å². The smallest absolute Gasteiger partial charge is 0.118 e. The lowest BCUT2D eigenvalue weighted by molar-refractivity contribution is 1.16. The molecule has 0 saturated carbocycles. The van der Waals surface area contributed by atoms with Crippen LogP contribution in [0.3, 0.4) is 0 Å². The first-order chi connectivity index (χ1) is 10.4. The lowest BCUT2D eigenvalue weighted by Crippen LogP contribution is -2.16. The summed E-state index contributed by atoms with van der Waals surface area (Å²) in [6.45, 7) is 0. The van der Waals surface area contributed by atoms with Crippen LogP contribution < -0.4 is 5.01 Å². The Bertz CT molecular complexity index is 845. The van der Waals surface area contributed by atoms with Crippen molar-refractivity contribution in [3.63, 3.8) is 0 Å². The van der Waals surface area contributed by atoms with Gasteiger partial charge in [0.1, 0.15) is 6.34 Å². The standard InChI is InChI=1S/C18H13N3/c1-2-6-14(7-3-1)12-20-21-13-19-16-10-4-8-15-9-5-11-17(21)18(15)16/h1-13H. The largest absolute Gasteiger partial charge is 0.236 e. The minimum Gasteiger partial charge on any atom is -0.236 e. The molecule has 0 atom stereocenters. The van der Waals surface area contributed by atoms with Crippen LogP contribution in [0.1, 0.15) is 5.56 Å². The van der Waals surface area contributed by atoms with E-state index in [2.05, 4.69) is 28.3 Å².